The highest BCUT2D eigenvalue weighted by atomic mass is 16.5. The maximum Gasteiger partial charge on any atom is 0.309 e. The van der Waals surface area contributed by atoms with Crippen LogP contribution in [0.5, 0.6) is 5.75 Å². The number of aliphatic carboxylic acids is 1. The largest absolute Gasteiger partial charge is 0.490 e. The minimum Gasteiger partial charge on any atom is -0.490 e. The topological polar surface area (TPSA) is 95.9 Å². The monoisotopic (exact) mass is 358 g/mol. The van der Waals surface area contributed by atoms with Gasteiger partial charge in [0.2, 0.25) is 5.91 Å². The van der Waals surface area contributed by atoms with E-state index in [1.807, 2.05) is 0 Å². The molecule has 138 valence electrons. The van der Waals surface area contributed by atoms with Gasteiger partial charge < -0.3 is 20.1 Å². The Kier molecular flexibility index (Phi) is 4.97. The van der Waals surface area contributed by atoms with E-state index in [2.05, 4.69) is 11.9 Å². The molecule has 2 amide bonds. The van der Waals surface area contributed by atoms with E-state index in [1.54, 1.807) is 35.2 Å². The van der Waals surface area contributed by atoms with E-state index >= 15 is 0 Å². The Labute approximate surface area is 151 Å². The molecule has 0 bridgehead atoms. The first-order valence-electron chi connectivity index (χ1n) is 8.62. The minimum atomic E-state index is -0.963. The molecule has 1 aromatic carbocycles. The van der Waals surface area contributed by atoms with E-state index in [4.69, 9.17) is 4.74 Å². The van der Waals surface area contributed by atoms with Crippen LogP contribution in [0.25, 0.3) is 0 Å². The molecule has 3 rings (SSSR count). The van der Waals surface area contributed by atoms with Crippen molar-refractivity contribution in [3.63, 3.8) is 0 Å². The Morgan fingerprint density at radius 3 is 2.77 bits per heavy atom. The van der Waals surface area contributed by atoms with Crippen LogP contribution in [0.3, 0.4) is 0 Å². The summed E-state index contributed by atoms with van der Waals surface area (Å²) in [4.78, 5) is 37.7. The molecule has 1 spiro atoms. The lowest BCUT2D eigenvalue weighted by Crippen LogP contribution is -2.56. The van der Waals surface area contributed by atoms with Crippen molar-refractivity contribution in [2.24, 2.45) is 5.92 Å². The summed E-state index contributed by atoms with van der Waals surface area (Å²) in [5.41, 5.74) is -0.220. The van der Waals surface area contributed by atoms with Crippen molar-refractivity contribution in [2.45, 2.75) is 24.8 Å². The zero-order valence-electron chi connectivity index (χ0n) is 14.4. The first kappa shape index (κ1) is 18.0. The van der Waals surface area contributed by atoms with Gasteiger partial charge in [0.1, 0.15) is 12.4 Å². The summed E-state index contributed by atoms with van der Waals surface area (Å²) in [5, 5.41) is 12.3. The van der Waals surface area contributed by atoms with E-state index in [1.165, 1.54) is 0 Å². The number of carbonyl (C=O) groups excluding carboxylic acids is 2. The molecule has 0 unspecified atom stereocenters. The second kappa shape index (κ2) is 7.19. The van der Waals surface area contributed by atoms with Crippen LogP contribution in [0, 0.1) is 5.92 Å². The quantitative estimate of drug-likeness (QED) is 0.777. The highest BCUT2D eigenvalue weighted by Gasteiger charge is 2.52. The second-order valence-corrected chi connectivity index (χ2v) is 6.72. The van der Waals surface area contributed by atoms with Crippen LogP contribution >= 0.6 is 0 Å². The third-order valence-electron chi connectivity index (χ3n) is 5.13. The number of rotatable bonds is 5. The summed E-state index contributed by atoms with van der Waals surface area (Å²) in [6, 6.07) is 6.95. The Balaban J connectivity index is 1.68. The van der Waals surface area contributed by atoms with Gasteiger partial charge in [-0.3, -0.25) is 14.4 Å². The highest BCUT2D eigenvalue weighted by molar-refractivity contribution is 5.95. The number of nitrogens with zero attached hydrogens (tertiary/aromatic N) is 1. The molecular weight excluding hydrogens is 336 g/mol. The lowest BCUT2D eigenvalue weighted by atomic mass is 9.77. The molecule has 2 aliphatic heterocycles. The van der Waals surface area contributed by atoms with E-state index in [0.29, 0.717) is 43.9 Å². The number of carboxylic acids is 1. The van der Waals surface area contributed by atoms with Crippen molar-refractivity contribution in [1.82, 2.24) is 10.2 Å². The molecule has 1 aromatic rings. The first-order valence-corrected chi connectivity index (χ1v) is 8.62. The fourth-order valence-electron chi connectivity index (χ4n) is 3.76. The molecule has 0 saturated carbocycles. The van der Waals surface area contributed by atoms with Crippen molar-refractivity contribution < 1.29 is 24.2 Å². The normalized spacial score (nSPS) is 21.3. The van der Waals surface area contributed by atoms with Crippen LogP contribution in [0.1, 0.15) is 29.6 Å². The molecule has 7 heteroatoms. The van der Waals surface area contributed by atoms with Crippen molar-refractivity contribution in [2.75, 3.05) is 19.7 Å². The van der Waals surface area contributed by atoms with Gasteiger partial charge >= 0.3 is 5.97 Å². The van der Waals surface area contributed by atoms with Crippen LogP contribution in [0.15, 0.2) is 36.9 Å². The SMILES string of the molecule is C=CCOc1cccc(C(=O)N2CCC3(CC2)NC(=O)C[C@H]3C(=O)O)c1. The van der Waals surface area contributed by atoms with E-state index in [9.17, 15) is 19.5 Å². The molecule has 0 radical (unpaired) electrons. The van der Waals surface area contributed by atoms with E-state index < -0.39 is 17.4 Å². The summed E-state index contributed by atoms with van der Waals surface area (Å²) >= 11 is 0. The minimum absolute atomic E-state index is 0.00592. The molecule has 26 heavy (non-hydrogen) atoms. The Morgan fingerprint density at radius 2 is 2.12 bits per heavy atom. The standard InChI is InChI=1S/C19H22N2O5/c1-2-10-26-14-5-3-4-13(11-14)17(23)21-8-6-19(7-9-21)15(18(24)25)12-16(22)20-19/h2-5,11,15H,1,6-10,12H2,(H,20,22)(H,24,25)/t15-/m0/s1. The molecule has 2 aliphatic rings. The Hall–Kier alpha value is -2.83. The average molecular weight is 358 g/mol. The summed E-state index contributed by atoms with van der Waals surface area (Å²) in [7, 11) is 0. The lowest BCUT2D eigenvalue weighted by Gasteiger charge is -2.41. The molecule has 0 aromatic heterocycles. The maximum absolute atomic E-state index is 12.8. The summed E-state index contributed by atoms with van der Waals surface area (Å²) in [5.74, 6) is -1.46. The number of amides is 2. The predicted octanol–water partition coefficient (Wildman–Crippen LogP) is 1.45. The van der Waals surface area contributed by atoms with Gasteiger partial charge in [-0.1, -0.05) is 18.7 Å². The van der Waals surface area contributed by atoms with Crippen molar-refractivity contribution in [3.8, 4) is 5.75 Å². The van der Waals surface area contributed by atoms with Crippen LogP contribution in [-0.4, -0.2) is 53.0 Å². The number of ether oxygens (including phenoxy) is 1. The average Bonchev–Trinajstić information content (AvgIpc) is 2.96. The molecule has 0 aliphatic carbocycles. The molecular formula is C19H22N2O5. The molecule has 1 atom stereocenters. The number of nitrogens with one attached hydrogen (secondary N) is 1. The number of hydrogen-bond donors (Lipinski definition) is 2. The van der Waals surface area contributed by atoms with Gasteiger partial charge in [0.15, 0.2) is 0 Å². The summed E-state index contributed by atoms with van der Waals surface area (Å²) in [6.07, 6.45) is 2.52. The van der Waals surface area contributed by atoms with Gasteiger partial charge in [-0.2, -0.15) is 0 Å². The van der Waals surface area contributed by atoms with Crippen molar-refractivity contribution in [3.05, 3.63) is 42.5 Å². The van der Waals surface area contributed by atoms with Crippen molar-refractivity contribution in [1.29, 1.82) is 0 Å². The van der Waals surface area contributed by atoms with Crippen LogP contribution in [-0.2, 0) is 9.59 Å². The molecule has 7 nitrogen and oxygen atoms in total. The number of carbonyl (C=O) groups is 3. The van der Waals surface area contributed by atoms with Crippen LogP contribution in [0.4, 0.5) is 0 Å². The lowest BCUT2D eigenvalue weighted by molar-refractivity contribution is -0.144. The highest BCUT2D eigenvalue weighted by Crippen LogP contribution is 2.37. The van der Waals surface area contributed by atoms with Crippen LogP contribution in [0.2, 0.25) is 0 Å². The van der Waals surface area contributed by atoms with Gasteiger partial charge in [0.25, 0.3) is 5.91 Å². The fraction of sp³-hybridized carbons (Fsp3) is 0.421. The Bertz CT molecular complexity index is 737. The number of benzene rings is 1. The van der Waals surface area contributed by atoms with Gasteiger partial charge in [-0.05, 0) is 31.0 Å². The third kappa shape index (κ3) is 3.42. The fourth-order valence-corrected chi connectivity index (χ4v) is 3.76. The molecule has 2 fully saturated rings. The zero-order chi connectivity index (χ0) is 18.7. The molecule has 2 saturated heterocycles. The zero-order valence-corrected chi connectivity index (χ0v) is 14.4. The second-order valence-electron chi connectivity index (χ2n) is 6.72. The third-order valence-corrected chi connectivity index (χ3v) is 5.13. The maximum atomic E-state index is 12.8. The summed E-state index contributed by atoms with van der Waals surface area (Å²) < 4.78 is 5.46. The number of piperidine rings is 1. The van der Waals surface area contributed by atoms with E-state index in [-0.39, 0.29) is 18.2 Å². The van der Waals surface area contributed by atoms with Crippen LogP contribution < -0.4 is 10.1 Å². The van der Waals surface area contributed by atoms with Gasteiger partial charge in [-0.25, -0.2) is 0 Å². The van der Waals surface area contributed by atoms with Gasteiger partial charge in [0, 0.05) is 25.1 Å². The van der Waals surface area contributed by atoms with Gasteiger partial charge in [-0.15, -0.1) is 0 Å². The number of carboxylic acid groups (broad SMARTS) is 1. The van der Waals surface area contributed by atoms with E-state index in [0.717, 1.165) is 0 Å². The number of likely N-dealkylation sites (tertiary alicyclic amines) is 1. The number of hydrogen-bond acceptors (Lipinski definition) is 4. The smallest absolute Gasteiger partial charge is 0.309 e. The summed E-state index contributed by atoms with van der Waals surface area (Å²) in [6.45, 7) is 4.76. The molecule has 2 heterocycles. The van der Waals surface area contributed by atoms with Crippen molar-refractivity contribution >= 4 is 17.8 Å². The van der Waals surface area contributed by atoms with Gasteiger partial charge in [0.05, 0.1) is 11.5 Å². The Morgan fingerprint density at radius 1 is 1.38 bits per heavy atom. The molecule has 2 N–H and O–H groups in total. The predicted molar refractivity (Wildman–Crippen MR) is 93.9 cm³/mol. The first-order chi connectivity index (χ1) is 12.4.